The van der Waals surface area contributed by atoms with Gasteiger partial charge in [0.05, 0.1) is 26.5 Å². The van der Waals surface area contributed by atoms with Gasteiger partial charge in [-0.2, -0.15) is 5.10 Å². The summed E-state index contributed by atoms with van der Waals surface area (Å²) in [4.78, 5) is 14.6. The molecular formula is C24H26N4O3. The van der Waals surface area contributed by atoms with Gasteiger partial charge in [0.25, 0.3) is 5.91 Å². The van der Waals surface area contributed by atoms with Crippen molar-refractivity contribution in [3.8, 4) is 34.6 Å². The number of rotatable bonds is 6. The Labute approximate surface area is 182 Å². The smallest absolute Gasteiger partial charge is 0.270 e. The molecule has 3 aromatic rings. The van der Waals surface area contributed by atoms with E-state index in [9.17, 15) is 4.79 Å². The minimum atomic E-state index is -0.250. The van der Waals surface area contributed by atoms with Crippen LogP contribution in [0.15, 0.2) is 48.5 Å². The molecule has 0 aliphatic rings. The Bertz CT molecular complexity index is 1120. The van der Waals surface area contributed by atoms with Gasteiger partial charge in [0.1, 0.15) is 17.2 Å². The maximum absolute atomic E-state index is 12.6. The zero-order valence-corrected chi connectivity index (χ0v) is 18.4. The van der Waals surface area contributed by atoms with E-state index < -0.39 is 0 Å². The maximum atomic E-state index is 12.6. The van der Waals surface area contributed by atoms with E-state index in [0.29, 0.717) is 22.9 Å². The molecule has 2 aromatic carbocycles. The first-order valence-corrected chi connectivity index (χ1v) is 9.74. The van der Waals surface area contributed by atoms with Gasteiger partial charge in [-0.1, -0.05) is 11.8 Å². The van der Waals surface area contributed by atoms with Crippen LogP contribution in [0.1, 0.15) is 16.1 Å². The summed E-state index contributed by atoms with van der Waals surface area (Å²) in [5.74, 6) is 7.12. The van der Waals surface area contributed by atoms with Gasteiger partial charge in [-0.15, -0.1) is 0 Å². The number of methoxy groups -OCH3 is 2. The highest BCUT2D eigenvalue weighted by Gasteiger charge is 2.17. The molecule has 7 nitrogen and oxygen atoms in total. The summed E-state index contributed by atoms with van der Waals surface area (Å²) < 4.78 is 12.3. The van der Waals surface area contributed by atoms with Crippen LogP contribution < -0.4 is 19.7 Å². The summed E-state index contributed by atoms with van der Waals surface area (Å²) in [7, 11) is 8.90. The third-order valence-electron chi connectivity index (χ3n) is 4.75. The number of amides is 1. The van der Waals surface area contributed by atoms with Crippen LogP contribution in [-0.2, 0) is 7.05 Å². The highest BCUT2D eigenvalue weighted by Crippen LogP contribution is 2.32. The van der Waals surface area contributed by atoms with Crippen molar-refractivity contribution in [2.75, 3.05) is 39.8 Å². The van der Waals surface area contributed by atoms with Gasteiger partial charge in [0, 0.05) is 38.0 Å². The molecule has 0 unspecified atom stereocenters. The highest BCUT2D eigenvalue weighted by atomic mass is 16.5. The van der Waals surface area contributed by atoms with Gasteiger partial charge in [-0.05, 0) is 48.5 Å². The molecule has 31 heavy (non-hydrogen) atoms. The Balaban J connectivity index is 1.69. The van der Waals surface area contributed by atoms with Crippen molar-refractivity contribution in [3.63, 3.8) is 0 Å². The number of ether oxygens (including phenoxy) is 2. The lowest BCUT2D eigenvalue weighted by molar-refractivity contribution is 0.0949. The number of anilines is 1. The summed E-state index contributed by atoms with van der Waals surface area (Å²) >= 11 is 0. The lowest BCUT2D eigenvalue weighted by Crippen LogP contribution is -2.25. The number of benzene rings is 2. The second-order valence-electron chi connectivity index (χ2n) is 7.03. The van der Waals surface area contributed by atoms with Gasteiger partial charge in [0.2, 0.25) is 0 Å². The summed E-state index contributed by atoms with van der Waals surface area (Å²) in [6.07, 6.45) is 0. The van der Waals surface area contributed by atoms with E-state index in [1.54, 1.807) is 27.3 Å². The Morgan fingerprint density at radius 1 is 1.10 bits per heavy atom. The molecule has 0 aliphatic carbocycles. The molecule has 1 heterocycles. The summed E-state index contributed by atoms with van der Waals surface area (Å²) in [5, 5.41) is 7.28. The number of nitrogens with zero attached hydrogens (tertiary/aromatic N) is 3. The van der Waals surface area contributed by atoms with Crippen LogP contribution in [0, 0.1) is 11.8 Å². The average molecular weight is 418 g/mol. The van der Waals surface area contributed by atoms with Gasteiger partial charge >= 0.3 is 0 Å². The van der Waals surface area contributed by atoms with Crippen LogP contribution in [0.3, 0.4) is 0 Å². The van der Waals surface area contributed by atoms with Crippen molar-refractivity contribution in [2.45, 2.75) is 0 Å². The number of carbonyl (C=O) groups excluding carboxylic acids is 1. The zero-order chi connectivity index (χ0) is 22.4. The van der Waals surface area contributed by atoms with Crippen LogP contribution in [0.4, 0.5) is 5.69 Å². The first-order chi connectivity index (χ1) is 14.9. The Morgan fingerprint density at radius 2 is 1.84 bits per heavy atom. The van der Waals surface area contributed by atoms with Crippen LogP contribution >= 0.6 is 0 Å². The molecule has 0 bridgehead atoms. The summed E-state index contributed by atoms with van der Waals surface area (Å²) in [6, 6.07) is 15.1. The van der Waals surface area contributed by atoms with Gasteiger partial charge in [-0.25, -0.2) is 0 Å². The molecule has 1 N–H and O–H groups in total. The molecule has 160 valence electrons. The Kier molecular flexibility index (Phi) is 6.83. The summed E-state index contributed by atoms with van der Waals surface area (Å²) in [5.41, 5.74) is 3.80. The molecule has 0 saturated heterocycles. The third-order valence-corrected chi connectivity index (χ3v) is 4.75. The fraction of sp³-hybridized carbons (Fsp3) is 0.250. The summed E-state index contributed by atoms with van der Waals surface area (Å²) in [6.45, 7) is 0.233. The standard InChI is InChI=1S/C24H26N4O3/c1-27(2)18-10-8-17(9-11-18)7-6-14-25-24(29)22-16-21(26-28(22)3)20-15-19(30-4)12-13-23(20)31-5/h8-13,15-16H,14H2,1-5H3,(H,25,29). The average Bonchev–Trinajstić information content (AvgIpc) is 3.18. The maximum Gasteiger partial charge on any atom is 0.270 e. The van der Waals surface area contributed by atoms with Crippen LogP contribution in [-0.4, -0.2) is 50.5 Å². The van der Waals surface area contributed by atoms with E-state index in [2.05, 4.69) is 22.3 Å². The van der Waals surface area contributed by atoms with Crippen molar-refractivity contribution in [2.24, 2.45) is 7.05 Å². The molecule has 1 amide bonds. The second-order valence-corrected chi connectivity index (χ2v) is 7.03. The quantitative estimate of drug-likeness (QED) is 0.624. The zero-order valence-electron chi connectivity index (χ0n) is 18.4. The van der Waals surface area contributed by atoms with Crippen LogP contribution in [0.25, 0.3) is 11.3 Å². The van der Waals surface area contributed by atoms with Crippen molar-refractivity contribution in [1.29, 1.82) is 0 Å². The van der Waals surface area contributed by atoms with Gasteiger partial charge in [-0.3, -0.25) is 9.48 Å². The van der Waals surface area contributed by atoms with E-state index in [0.717, 1.165) is 16.8 Å². The van der Waals surface area contributed by atoms with E-state index >= 15 is 0 Å². The highest BCUT2D eigenvalue weighted by molar-refractivity contribution is 5.94. The van der Waals surface area contributed by atoms with Gasteiger partial charge < -0.3 is 19.7 Å². The van der Waals surface area contributed by atoms with Crippen molar-refractivity contribution < 1.29 is 14.3 Å². The molecule has 7 heteroatoms. The molecule has 0 saturated carbocycles. The largest absolute Gasteiger partial charge is 0.497 e. The molecule has 3 rings (SSSR count). The first-order valence-electron chi connectivity index (χ1n) is 9.74. The van der Waals surface area contributed by atoms with E-state index in [4.69, 9.17) is 9.47 Å². The van der Waals surface area contributed by atoms with Crippen LogP contribution in [0.2, 0.25) is 0 Å². The molecule has 0 radical (unpaired) electrons. The van der Waals surface area contributed by atoms with Crippen molar-refractivity contribution in [3.05, 3.63) is 59.8 Å². The van der Waals surface area contributed by atoms with E-state index in [1.807, 2.05) is 61.5 Å². The fourth-order valence-electron chi connectivity index (χ4n) is 3.03. The predicted octanol–water partition coefficient (Wildman–Crippen LogP) is 2.95. The number of aromatic nitrogens is 2. The van der Waals surface area contributed by atoms with Crippen LogP contribution in [0.5, 0.6) is 11.5 Å². The number of nitrogens with one attached hydrogen (secondary N) is 1. The Morgan fingerprint density at radius 3 is 2.48 bits per heavy atom. The number of aryl methyl sites for hydroxylation is 1. The number of hydrogen-bond acceptors (Lipinski definition) is 5. The lowest BCUT2D eigenvalue weighted by Gasteiger charge is -2.11. The Hall–Kier alpha value is -3.92. The normalized spacial score (nSPS) is 10.1. The fourth-order valence-corrected chi connectivity index (χ4v) is 3.03. The molecule has 0 spiro atoms. The number of carbonyl (C=O) groups is 1. The topological polar surface area (TPSA) is 68.6 Å². The van der Waals surface area contributed by atoms with E-state index in [-0.39, 0.29) is 12.5 Å². The van der Waals surface area contributed by atoms with Crippen molar-refractivity contribution in [1.82, 2.24) is 15.1 Å². The third kappa shape index (κ3) is 5.17. The second kappa shape index (κ2) is 9.72. The minimum absolute atomic E-state index is 0.233. The molecular weight excluding hydrogens is 392 g/mol. The van der Waals surface area contributed by atoms with Gasteiger partial charge in [0.15, 0.2) is 0 Å². The number of hydrogen-bond donors (Lipinski definition) is 1. The molecule has 0 fully saturated rings. The minimum Gasteiger partial charge on any atom is -0.497 e. The first kappa shape index (κ1) is 21.8. The lowest BCUT2D eigenvalue weighted by atomic mass is 10.1. The predicted molar refractivity (Wildman–Crippen MR) is 122 cm³/mol. The van der Waals surface area contributed by atoms with Crippen molar-refractivity contribution >= 4 is 11.6 Å². The molecule has 0 atom stereocenters. The SMILES string of the molecule is COc1ccc(OC)c(-c2cc(C(=O)NCC#Cc3ccc(N(C)C)cc3)n(C)n2)c1. The van der Waals surface area contributed by atoms with E-state index in [1.165, 1.54) is 4.68 Å². The molecule has 1 aromatic heterocycles. The molecule has 0 aliphatic heterocycles. The monoisotopic (exact) mass is 418 g/mol.